The van der Waals surface area contributed by atoms with Gasteiger partial charge in [0.1, 0.15) is 0 Å². The van der Waals surface area contributed by atoms with Gasteiger partial charge in [0.15, 0.2) is 0 Å². The lowest BCUT2D eigenvalue weighted by Gasteiger charge is -2.16. The van der Waals surface area contributed by atoms with E-state index in [1.165, 1.54) is 25.5 Å². The quantitative estimate of drug-likeness (QED) is 0.834. The van der Waals surface area contributed by atoms with E-state index < -0.39 is 0 Å². The largest absolute Gasteiger partial charge is 0.349 e. The van der Waals surface area contributed by atoms with Crippen molar-refractivity contribution >= 4 is 17.5 Å². The number of aromatic nitrogens is 1. The van der Waals surface area contributed by atoms with Gasteiger partial charge < -0.3 is 5.32 Å². The SMILES string of the molecule is CC1CCCC(NC(=O)c2cnccc2Cl)CC1. The van der Waals surface area contributed by atoms with E-state index in [0.717, 1.165) is 18.8 Å². The normalized spacial score (nSPS) is 24.3. The highest BCUT2D eigenvalue weighted by Crippen LogP contribution is 2.23. The summed E-state index contributed by atoms with van der Waals surface area (Å²) in [5.41, 5.74) is 0.469. The smallest absolute Gasteiger partial charge is 0.254 e. The third-order valence-electron chi connectivity index (χ3n) is 3.61. The average molecular weight is 267 g/mol. The summed E-state index contributed by atoms with van der Waals surface area (Å²) >= 11 is 5.99. The van der Waals surface area contributed by atoms with Gasteiger partial charge in [0.25, 0.3) is 5.91 Å². The molecule has 1 aromatic heterocycles. The number of hydrogen-bond donors (Lipinski definition) is 1. The van der Waals surface area contributed by atoms with E-state index in [0.29, 0.717) is 10.6 Å². The van der Waals surface area contributed by atoms with Gasteiger partial charge in [-0.1, -0.05) is 31.4 Å². The molecule has 1 aromatic rings. The van der Waals surface area contributed by atoms with Crippen molar-refractivity contribution in [2.75, 3.05) is 0 Å². The third kappa shape index (κ3) is 3.45. The number of nitrogens with zero attached hydrogens (tertiary/aromatic N) is 1. The molecule has 0 aliphatic heterocycles. The minimum Gasteiger partial charge on any atom is -0.349 e. The highest BCUT2D eigenvalue weighted by molar-refractivity contribution is 6.33. The van der Waals surface area contributed by atoms with Gasteiger partial charge in [-0.3, -0.25) is 9.78 Å². The molecule has 98 valence electrons. The second kappa shape index (κ2) is 6.19. The van der Waals surface area contributed by atoms with Crippen LogP contribution >= 0.6 is 11.6 Å². The minimum atomic E-state index is -0.104. The molecule has 3 nitrogen and oxygen atoms in total. The number of amides is 1. The second-order valence-corrected chi connectivity index (χ2v) is 5.55. The molecule has 0 radical (unpaired) electrons. The maximum atomic E-state index is 12.1. The molecular formula is C14H19ClN2O. The minimum absolute atomic E-state index is 0.104. The summed E-state index contributed by atoms with van der Waals surface area (Å²) in [6.45, 7) is 2.28. The zero-order valence-electron chi connectivity index (χ0n) is 10.7. The number of pyridine rings is 1. The average Bonchev–Trinajstić information content (AvgIpc) is 2.55. The molecule has 1 heterocycles. The molecule has 1 aliphatic rings. The Balaban J connectivity index is 1.97. The first-order valence-electron chi connectivity index (χ1n) is 6.57. The number of carbonyl (C=O) groups is 1. The van der Waals surface area contributed by atoms with E-state index >= 15 is 0 Å². The van der Waals surface area contributed by atoms with Crippen molar-refractivity contribution in [3.05, 3.63) is 29.0 Å². The number of carbonyl (C=O) groups excluding carboxylic acids is 1. The van der Waals surface area contributed by atoms with E-state index in [9.17, 15) is 4.79 Å². The van der Waals surface area contributed by atoms with Crippen molar-refractivity contribution in [2.24, 2.45) is 5.92 Å². The van der Waals surface area contributed by atoms with Crippen LogP contribution in [0.1, 0.15) is 49.4 Å². The molecule has 1 amide bonds. The fourth-order valence-electron chi connectivity index (χ4n) is 2.44. The molecule has 0 bridgehead atoms. The Hall–Kier alpha value is -1.09. The molecule has 1 fully saturated rings. The van der Waals surface area contributed by atoms with Gasteiger partial charge in [0.05, 0.1) is 10.6 Å². The summed E-state index contributed by atoms with van der Waals surface area (Å²) in [5, 5.41) is 3.54. The Labute approximate surface area is 113 Å². The van der Waals surface area contributed by atoms with Crippen molar-refractivity contribution in [2.45, 2.75) is 45.1 Å². The molecule has 0 spiro atoms. The van der Waals surface area contributed by atoms with Crippen LogP contribution < -0.4 is 5.32 Å². The van der Waals surface area contributed by atoms with Crippen LogP contribution in [0, 0.1) is 5.92 Å². The molecule has 2 atom stereocenters. The molecule has 4 heteroatoms. The van der Waals surface area contributed by atoms with Gasteiger partial charge in [-0.05, 0) is 31.2 Å². The van der Waals surface area contributed by atoms with Gasteiger partial charge in [0, 0.05) is 18.4 Å². The van der Waals surface area contributed by atoms with Crippen molar-refractivity contribution in [3.8, 4) is 0 Å². The number of nitrogens with one attached hydrogen (secondary N) is 1. The van der Waals surface area contributed by atoms with Crippen molar-refractivity contribution < 1.29 is 4.79 Å². The molecular weight excluding hydrogens is 248 g/mol. The van der Waals surface area contributed by atoms with Crippen molar-refractivity contribution in [1.82, 2.24) is 10.3 Å². The van der Waals surface area contributed by atoms with Gasteiger partial charge >= 0.3 is 0 Å². The zero-order valence-corrected chi connectivity index (χ0v) is 11.4. The second-order valence-electron chi connectivity index (χ2n) is 5.14. The summed E-state index contributed by atoms with van der Waals surface area (Å²) in [6, 6.07) is 1.92. The Morgan fingerprint density at radius 2 is 2.22 bits per heavy atom. The predicted molar refractivity (Wildman–Crippen MR) is 72.8 cm³/mol. The first-order chi connectivity index (χ1) is 8.66. The number of rotatable bonds is 2. The number of hydrogen-bond acceptors (Lipinski definition) is 2. The lowest BCUT2D eigenvalue weighted by atomic mass is 10.0. The van der Waals surface area contributed by atoms with E-state index in [4.69, 9.17) is 11.6 Å². The van der Waals surface area contributed by atoms with Crippen molar-refractivity contribution in [3.63, 3.8) is 0 Å². The Bertz CT molecular complexity index is 422. The highest BCUT2D eigenvalue weighted by atomic mass is 35.5. The molecule has 1 N–H and O–H groups in total. The molecule has 0 aromatic carbocycles. The zero-order chi connectivity index (χ0) is 13.0. The van der Waals surface area contributed by atoms with E-state index in [-0.39, 0.29) is 11.9 Å². The van der Waals surface area contributed by atoms with Gasteiger partial charge in [0.2, 0.25) is 0 Å². The Morgan fingerprint density at radius 3 is 3.00 bits per heavy atom. The fourth-order valence-corrected chi connectivity index (χ4v) is 2.63. The predicted octanol–water partition coefficient (Wildman–Crippen LogP) is 3.43. The first-order valence-corrected chi connectivity index (χ1v) is 6.95. The summed E-state index contributed by atoms with van der Waals surface area (Å²) < 4.78 is 0. The molecule has 1 saturated carbocycles. The maximum Gasteiger partial charge on any atom is 0.254 e. The summed E-state index contributed by atoms with van der Waals surface area (Å²) in [4.78, 5) is 16.0. The van der Waals surface area contributed by atoms with Crippen LogP contribution in [0.15, 0.2) is 18.5 Å². The van der Waals surface area contributed by atoms with Crippen LogP contribution in [-0.4, -0.2) is 16.9 Å². The van der Waals surface area contributed by atoms with E-state index in [1.807, 2.05) is 0 Å². The molecule has 18 heavy (non-hydrogen) atoms. The van der Waals surface area contributed by atoms with Crippen LogP contribution in [0.5, 0.6) is 0 Å². The van der Waals surface area contributed by atoms with Gasteiger partial charge in [-0.2, -0.15) is 0 Å². The van der Waals surface area contributed by atoms with Crippen LogP contribution in [0.4, 0.5) is 0 Å². The molecule has 2 rings (SSSR count). The van der Waals surface area contributed by atoms with Gasteiger partial charge in [-0.15, -0.1) is 0 Å². The molecule has 1 aliphatic carbocycles. The first kappa shape index (κ1) is 13.3. The van der Waals surface area contributed by atoms with Crippen LogP contribution in [0.3, 0.4) is 0 Å². The van der Waals surface area contributed by atoms with Crippen LogP contribution in [0.2, 0.25) is 5.02 Å². The van der Waals surface area contributed by atoms with E-state index in [2.05, 4.69) is 17.2 Å². The van der Waals surface area contributed by atoms with E-state index in [1.54, 1.807) is 12.3 Å². The summed E-state index contributed by atoms with van der Waals surface area (Å²) in [6.07, 6.45) is 8.88. The van der Waals surface area contributed by atoms with Crippen molar-refractivity contribution in [1.29, 1.82) is 0 Å². The Morgan fingerprint density at radius 1 is 1.39 bits per heavy atom. The fraction of sp³-hybridized carbons (Fsp3) is 0.571. The summed E-state index contributed by atoms with van der Waals surface area (Å²) in [7, 11) is 0. The third-order valence-corrected chi connectivity index (χ3v) is 3.93. The van der Waals surface area contributed by atoms with Crippen LogP contribution in [-0.2, 0) is 0 Å². The highest BCUT2D eigenvalue weighted by Gasteiger charge is 2.19. The van der Waals surface area contributed by atoms with Crippen LogP contribution in [0.25, 0.3) is 0 Å². The number of halogens is 1. The molecule has 2 unspecified atom stereocenters. The Kier molecular flexibility index (Phi) is 4.59. The lowest BCUT2D eigenvalue weighted by Crippen LogP contribution is -2.34. The summed E-state index contributed by atoms with van der Waals surface area (Å²) in [5.74, 6) is 0.668. The topological polar surface area (TPSA) is 42.0 Å². The monoisotopic (exact) mass is 266 g/mol. The molecule has 0 saturated heterocycles. The van der Waals surface area contributed by atoms with Gasteiger partial charge in [-0.25, -0.2) is 0 Å². The maximum absolute atomic E-state index is 12.1. The lowest BCUT2D eigenvalue weighted by molar-refractivity contribution is 0.0933. The standard InChI is InChI=1S/C14H19ClN2O/c1-10-3-2-4-11(6-5-10)17-14(18)12-9-16-8-7-13(12)15/h7-11H,2-6H2,1H3,(H,17,18).